The van der Waals surface area contributed by atoms with E-state index in [1.807, 2.05) is 0 Å². The van der Waals surface area contributed by atoms with Gasteiger partial charge in [-0.2, -0.15) is 0 Å². The van der Waals surface area contributed by atoms with Gasteiger partial charge in [-0.05, 0) is 46.0 Å². The number of hydrogen-bond donors (Lipinski definition) is 0. The number of hydrogen-bond acceptors (Lipinski definition) is 1. The van der Waals surface area contributed by atoms with Gasteiger partial charge >= 0.3 is 0 Å². The van der Waals surface area contributed by atoms with Crippen molar-refractivity contribution >= 4 is 0 Å². The van der Waals surface area contributed by atoms with Crippen molar-refractivity contribution in [2.45, 2.75) is 65.1 Å². The van der Waals surface area contributed by atoms with Gasteiger partial charge < -0.3 is 4.74 Å². The average molecular weight is 208 g/mol. The summed E-state index contributed by atoms with van der Waals surface area (Å²) in [6, 6.07) is 0. The Balaban J connectivity index is 2.20. The fourth-order valence-corrected chi connectivity index (χ4v) is 3.19. The number of rotatable bonds is 2. The zero-order valence-electron chi connectivity index (χ0n) is 10.5. The van der Waals surface area contributed by atoms with Gasteiger partial charge in [0.15, 0.2) is 0 Å². The van der Waals surface area contributed by atoms with E-state index in [-0.39, 0.29) is 5.60 Å². The van der Waals surface area contributed by atoms with Crippen LogP contribution in [0.4, 0.5) is 0 Å². The standard InChI is InChI=1S/C14H24O/c1-5-6-13-12-9-11(8-7-10(12)2)14(3,4)15-13/h7,11-13H,5-6,8-9H2,1-4H3/t11-,12+,13-/m1/s1. The molecule has 0 unspecified atom stereocenters. The van der Waals surface area contributed by atoms with E-state index >= 15 is 0 Å². The van der Waals surface area contributed by atoms with Gasteiger partial charge in [-0.15, -0.1) is 0 Å². The molecule has 0 aromatic heterocycles. The van der Waals surface area contributed by atoms with Gasteiger partial charge in [-0.25, -0.2) is 0 Å². The fourth-order valence-electron chi connectivity index (χ4n) is 3.19. The molecular formula is C14H24O. The van der Waals surface area contributed by atoms with E-state index in [0.717, 1.165) is 5.92 Å². The van der Waals surface area contributed by atoms with Gasteiger partial charge in [-0.1, -0.05) is 25.0 Å². The molecule has 1 fully saturated rings. The van der Waals surface area contributed by atoms with E-state index in [0.29, 0.717) is 12.0 Å². The first-order valence-electron chi connectivity index (χ1n) is 6.39. The summed E-state index contributed by atoms with van der Waals surface area (Å²) < 4.78 is 6.31. The lowest BCUT2D eigenvalue weighted by Gasteiger charge is -2.49. The minimum atomic E-state index is 0.0908. The molecule has 15 heavy (non-hydrogen) atoms. The Hall–Kier alpha value is -0.300. The van der Waals surface area contributed by atoms with Gasteiger partial charge in [0.05, 0.1) is 11.7 Å². The molecule has 1 aliphatic carbocycles. The predicted molar refractivity (Wildman–Crippen MR) is 63.8 cm³/mol. The lowest BCUT2D eigenvalue weighted by Crippen LogP contribution is -2.49. The van der Waals surface area contributed by atoms with Crippen LogP contribution in [0.25, 0.3) is 0 Å². The highest BCUT2D eigenvalue weighted by molar-refractivity contribution is 5.14. The molecule has 2 bridgehead atoms. The smallest absolute Gasteiger partial charge is 0.0661 e. The highest BCUT2D eigenvalue weighted by Crippen LogP contribution is 2.46. The average Bonchev–Trinajstić information content (AvgIpc) is 2.16. The van der Waals surface area contributed by atoms with Crippen LogP contribution < -0.4 is 0 Å². The minimum Gasteiger partial charge on any atom is -0.371 e. The van der Waals surface area contributed by atoms with E-state index < -0.39 is 0 Å². The summed E-state index contributed by atoms with van der Waals surface area (Å²) in [4.78, 5) is 0. The van der Waals surface area contributed by atoms with Gasteiger partial charge in [-0.3, -0.25) is 0 Å². The van der Waals surface area contributed by atoms with Crippen molar-refractivity contribution < 1.29 is 4.74 Å². The highest BCUT2D eigenvalue weighted by atomic mass is 16.5. The lowest BCUT2D eigenvalue weighted by atomic mass is 9.69. The van der Waals surface area contributed by atoms with Gasteiger partial charge in [0.1, 0.15) is 0 Å². The maximum absolute atomic E-state index is 6.31. The Morgan fingerprint density at radius 1 is 1.47 bits per heavy atom. The van der Waals surface area contributed by atoms with Crippen molar-refractivity contribution in [1.82, 2.24) is 0 Å². The summed E-state index contributed by atoms with van der Waals surface area (Å²) in [6.45, 7) is 9.08. The zero-order chi connectivity index (χ0) is 11.1. The zero-order valence-corrected chi connectivity index (χ0v) is 10.5. The van der Waals surface area contributed by atoms with Crippen LogP contribution in [0.15, 0.2) is 11.6 Å². The fraction of sp³-hybridized carbons (Fsp3) is 0.857. The van der Waals surface area contributed by atoms with Crippen molar-refractivity contribution in [3.63, 3.8) is 0 Å². The molecule has 3 atom stereocenters. The highest BCUT2D eigenvalue weighted by Gasteiger charge is 2.44. The second-order valence-corrected chi connectivity index (χ2v) is 5.77. The predicted octanol–water partition coefficient (Wildman–Crippen LogP) is 3.94. The molecule has 0 aromatic carbocycles. The molecule has 2 aliphatic rings. The molecule has 0 saturated carbocycles. The maximum atomic E-state index is 6.31. The molecule has 1 nitrogen and oxygen atoms in total. The van der Waals surface area contributed by atoms with Crippen molar-refractivity contribution in [3.05, 3.63) is 11.6 Å². The summed E-state index contributed by atoms with van der Waals surface area (Å²) in [5, 5.41) is 0. The van der Waals surface area contributed by atoms with Crippen molar-refractivity contribution in [2.24, 2.45) is 11.8 Å². The van der Waals surface area contributed by atoms with Gasteiger partial charge in [0.25, 0.3) is 0 Å². The third kappa shape index (κ3) is 1.99. The first-order chi connectivity index (χ1) is 7.04. The monoisotopic (exact) mass is 208 g/mol. The molecule has 0 N–H and O–H groups in total. The molecule has 2 rings (SSSR count). The molecule has 0 radical (unpaired) electrons. The van der Waals surface area contributed by atoms with Crippen LogP contribution in [-0.2, 0) is 4.74 Å². The minimum absolute atomic E-state index is 0.0908. The van der Waals surface area contributed by atoms with Crippen LogP contribution in [0.1, 0.15) is 53.4 Å². The maximum Gasteiger partial charge on any atom is 0.0661 e. The van der Waals surface area contributed by atoms with Crippen LogP contribution in [0.5, 0.6) is 0 Å². The van der Waals surface area contributed by atoms with E-state index in [1.165, 1.54) is 25.7 Å². The Bertz CT molecular complexity index is 265. The summed E-state index contributed by atoms with van der Waals surface area (Å²) in [6.07, 6.45) is 7.93. The molecule has 1 saturated heterocycles. The third-order valence-corrected chi connectivity index (χ3v) is 4.31. The normalized spacial score (nSPS) is 38.7. The quantitative estimate of drug-likeness (QED) is 0.625. The molecule has 0 spiro atoms. The second kappa shape index (κ2) is 3.93. The van der Waals surface area contributed by atoms with Crippen LogP contribution in [0.3, 0.4) is 0 Å². The van der Waals surface area contributed by atoms with E-state index in [9.17, 15) is 0 Å². The first kappa shape index (κ1) is 11.2. The first-order valence-corrected chi connectivity index (χ1v) is 6.39. The largest absolute Gasteiger partial charge is 0.371 e. The SMILES string of the molecule is CCC[C@H]1OC(C)(C)[C@@H]2CC=C(C)[C@@H]1C2. The molecule has 0 aromatic rings. The lowest BCUT2D eigenvalue weighted by molar-refractivity contribution is -0.165. The van der Waals surface area contributed by atoms with Crippen LogP contribution in [-0.4, -0.2) is 11.7 Å². The molecule has 1 heteroatoms. The van der Waals surface area contributed by atoms with Gasteiger partial charge in [0, 0.05) is 5.92 Å². The van der Waals surface area contributed by atoms with Gasteiger partial charge in [0.2, 0.25) is 0 Å². The van der Waals surface area contributed by atoms with Crippen molar-refractivity contribution in [1.29, 1.82) is 0 Å². The molecular weight excluding hydrogens is 184 g/mol. The molecule has 1 aliphatic heterocycles. The van der Waals surface area contributed by atoms with E-state index in [4.69, 9.17) is 4.74 Å². The molecule has 0 amide bonds. The molecule has 1 heterocycles. The second-order valence-electron chi connectivity index (χ2n) is 5.77. The van der Waals surface area contributed by atoms with Crippen LogP contribution in [0, 0.1) is 11.8 Å². The number of allylic oxidation sites excluding steroid dienone is 1. The van der Waals surface area contributed by atoms with Crippen LogP contribution >= 0.6 is 0 Å². The number of ether oxygens (including phenoxy) is 1. The summed E-state index contributed by atoms with van der Waals surface area (Å²) in [5.74, 6) is 1.44. The summed E-state index contributed by atoms with van der Waals surface area (Å²) >= 11 is 0. The number of fused-ring (bicyclic) bond motifs is 2. The molecule has 86 valence electrons. The summed E-state index contributed by atoms with van der Waals surface area (Å²) in [5.41, 5.74) is 1.66. The van der Waals surface area contributed by atoms with Crippen molar-refractivity contribution in [2.75, 3.05) is 0 Å². The Morgan fingerprint density at radius 2 is 2.20 bits per heavy atom. The van der Waals surface area contributed by atoms with Crippen molar-refractivity contribution in [3.8, 4) is 0 Å². The van der Waals surface area contributed by atoms with Crippen LogP contribution in [0.2, 0.25) is 0 Å². The Labute approximate surface area is 93.9 Å². The third-order valence-electron chi connectivity index (χ3n) is 4.31. The Morgan fingerprint density at radius 3 is 2.87 bits per heavy atom. The van der Waals surface area contributed by atoms with E-state index in [1.54, 1.807) is 5.57 Å². The summed E-state index contributed by atoms with van der Waals surface area (Å²) in [7, 11) is 0. The topological polar surface area (TPSA) is 9.23 Å². The van der Waals surface area contributed by atoms with E-state index in [2.05, 4.69) is 33.8 Å². The Kier molecular flexibility index (Phi) is 2.94.